The van der Waals surface area contributed by atoms with Gasteiger partial charge in [0.25, 0.3) is 0 Å². The number of carbonyl (C=O) groups is 1. The van der Waals surface area contributed by atoms with Gasteiger partial charge in [-0.3, -0.25) is 4.79 Å². The van der Waals surface area contributed by atoms with E-state index in [0.717, 1.165) is 12.0 Å². The summed E-state index contributed by atoms with van der Waals surface area (Å²) < 4.78 is 0. The van der Waals surface area contributed by atoms with Crippen LogP contribution in [0.5, 0.6) is 0 Å². The van der Waals surface area contributed by atoms with E-state index in [-0.39, 0.29) is 11.2 Å². The van der Waals surface area contributed by atoms with Crippen molar-refractivity contribution < 1.29 is 4.79 Å². The average Bonchev–Trinajstić information content (AvgIpc) is 3.32. The lowest BCUT2D eigenvalue weighted by molar-refractivity contribution is 0.0899. The monoisotopic (exact) mass is 312 g/mol. The highest BCUT2D eigenvalue weighted by Crippen LogP contribution is 2.69. The van der Waals surface area contributed by atoms with Crippen LogP contribution >= 0.6 is 0 Å². The Labute approximate surface area is 143 Å². The smallest absolute Gasteiger partial charge is 0.170 e. The molecule has 1 fully saturated rings. The van der Waals surface area contributed by atoms with Gasteiger partial charge in [0.2, 0.25) is 0 Å². The van der Waals surface area contributed by atoms with Gasteiger partial charge in [-0.2, -0.15) is 0 Å². The van der Waals surface area contributed by atoms with Gasteiger partial charge in [0.15, 0.2) is 5.78 Å². The maximum absolute atomic E-state index is 13.3. The quantitative estimate of drug-likeness (QED) is 0.600. The molecule has 1 saturated carbocycles. The van der Waals surface area contributed by atoms with E-state index in [4.69, 9.17) is 0 Å². The first-order valence-corrected chi connectivity index (χ1v) is 8.39. The summed E-state index contributed by atoms with van der Waals surface area (Å²) in [5.41, 5.74) is 2.61. The molecule has 118 valence electrons. The minimum atomic E-state index is -0.406. The van der Waals surface area contributed by atoms with Crippen LogP contribution in [0.25, 0.3) is 0 Å². The number of hydrogen-bond donors (Lipinski definition) is 0. The summed E-state index contributed by atoms with van der Waals surface area (Å²) in [7, 11) is 0. The number of ketones is 1. The molecule has 1 nitrogen and oxygen atoms in total. The molecule has 0 bridgehead atoms. The highest BCUT2D eigenvalue weighted by atomic mass is 16.1. The van der Waals surface area contributed by atoms with E-state index in [1.807, 2.05) is 42.5 Å². The molecule has 0 heterocycles. The average molecular weight is 312 g/mol. The van der Waals surface area contributed by atoms with Crippen molar-refractivity contribution in [1.82, 2.24) is 0 Å². The summed E-state index contributed by atoms with van der Waals surface area (Å²) in [5.74, 6) is 0.232. The molecule has 0 N–H and O–H groups in total. The number of rotatable bonds is 4. The normalized spacial score (nSPS) is 21.2. The van der Waals surface area contributed by atoms with Crippen LogP contribution in [0.3, 0.4) is 0 Å². The summed E-state index contributed by atoms with van der Waals surface area (Å²) in [6.07, 6.45) is 0.849. The van der Waals surface area contributed by atoms with Crippen molar-refractivity contribution in [3.63, 3.8) is 0 Å². The molecular weight excluding hydrogens is 292 g/mol. The van der Waals surface area contributed by atoms with Gasteiger partial charge < -0.3 is 0 Å². The highest BCUT2D eigenvalue weighted by molar-refractivity contribution is 6.04. The van der Waals surface area contributed by atoms with Crippen molar-refractivity contribution in [2.45, 2.75) is 18.8 Å². The zero-order chi connectivity index (χ0) is 16.6. The molecule has 0 spiro atoms. The molecule has 1 heteroatoms. The number of benzene rings is 3. The van der Waals surface area contributed by atoms with Crippen molar-refractivity contribution in [2.24, 2.45) is 5.41 Å². The molecule has 1 aliphatic carbocycles. The van der Waals surface area contributed by atoms with Crippen molar-refractivity contribution in [2.75, 3.05) is 0 Å². The van der Waals surface area contributed by atoms with Crippen LogP contribution in [0, 0.1) is 5.41 Å². The summed E-state index contributed by atoms with van der Waals surface area (Å²) in [6.45, 7) is 2.11. The predicted molar refractivity (Wildman–Crippen MR) is 97.2 cm³/mol. The van der Waals surface area contributed by atoms with Gasteiger partial charge in [-0.25, -0.2) is 0 Å². The third kappa shape index (κ3) is 2.05. The fraction of sp³-hybridized carbons (Fsp3) is 0.174. The molecule has 0 amide bonds. The first kappa shape index (κ1) is 14.9. The summed E-state index contributed by atoms with van der Waals surface area (Å²) in [4.78, 5) is 13.3. The summed E-state index contributed by atoms with van der Waals surface area (Å²) in [5, 5.41) is 0. The minimum Gasteiger partial charge on any atom is -0.294 e. The lowest BCUT2D eigenvalue weighted by Crippen LogP contribution is -2.25. The molecule has 1 atom stereocenters. The highest BCUT2D eigenvalue weighted by Gasteiger charge is 2.69. The molecule has 0 aliphatic heterocycles. The van der Waals surface area contributed by atoms with Crippen LogP contribution in [0.15, 0.2) is 91.0 Å². The van der Waals surface area contributed by atoms with E-state index >= 15 is 0 Å². The molecule has 3 aromatic carbocycles. The van der Waals surface area contributed by atoms with E-state index in [0.29, 0.717) is 0 Å². The zero-order valence-corrected chi connectivity index (χ0v) is 13.8. The van der Waals surface area contributed by atoms with Gasteiger partial charge in [0.1, 0.15) is 0 Å². The third-order valence-electron chi connectivity index (χ3n) is 5.51. The van der Waals surface area contributed by atoms with E-state index in [1.54, 1.807) is 0 Å². The minimum absolute atomic E-state index is 0.232. The van der Waals surface area contributed by atoms with Crippen molar-refractivity contribution in [3.8, 4) is 0 Å². The SMILES string of the molecule is CC1(C(=O)c2ccccc2)CC1(c1ccccc1)c1ccccc1. The molecule has 4 rings (SSSR count). The molecule has 1 aliphatic rings. The Kier molecular flexibility index (Phi) is 3.38. The fourth-order valence-corrected chi connectivity index (χ4v) is 4.12. The van der Waals surface area contributed by atoms with E-state index in [1.165, 1.54) is 11.1 Å². The first-order valence-electron chi connectivity index (χ1n) is 8.39. The Morgan fingerprint density at radius 3 is 1.58 bits per heavy atom. The van der Waals surface area contributed by atoms with Gasteiger partial charge in [-0.15, -0.1) is 0 Å². The van der Waals surface area contributed by atoms with E-state index < -0.39 is 5.41 Å². The van der Waals surface area contributed by atoms with Crippen LogP contribution in [-0.4, -0.2) is 5.78 Å². The number of carbonyl (C=O) groups excluding carboxylic acids is 1. The van der Waals surface area contributed by atoms with Crippen molar-refractivity contribution in [1.29, 1.82) is 0 Å². The maximum atomic E-state index is 13.3. The van der Waals surface area contributed by atoms with Crippen LogP contribution in [0.4, 0.5) is 0 Å². The zero-order valence-electron chi connectivity index (χ0n) is 13.8. The summed E-state index contributed by atoms with van der Waals surface area (Å²) >= 11 is 0. The standard InChI is InChI=1S/C23H20O/c1-22(21(24)18-11-5-2-6-12-18)17-23(22,19-13-7-3-8-14-19)20-15-9-4-10-16-20/h2-16H,17H2,1H3. The molecule has 24 heavy (non-hydrogen) atoms. The topological polar surface area (TPSA) is 17.1 Å². The molecule has 0 aromatic heterocycles. The molecule has 0 saturated heterocycles. The van der Waals surface area contributed by atoms with Crippen molar-refractivity contribution in [3.05, 3.63) is 108 Å². The van der Waals surface area contributed by atoms with Gasteiger partial charge in [0.05, 0.1) is 0 Å². The second-order valence-electron chi connectivity index (χ2n) is 6.84. The van der Waals surface area contributed by atoms with Crippen LogP contribution < -0.4 is 0 Å². The Morgan fingerprint density at radius 2 is 1.12 bits per heavy atom. The van der Waals surface area contributed by atoms with E-state index in [9.17, 15) is 4.79 Å². The lowest BCUT2D eigenvalue weighted by Gasteiger charge is -2.24. The Morgan fingerprint density at radius 1 is 0.708 bits per heavy atom. The van der Waals surface area contributed by atoms with Crippen LogP contribution in [0.2, 0.25) is 0 Å². The van der Waals surface area contributed by atoms with Gasteiger partial charge in [-0.1, -0.05) is 97.9 Å². The van der Waals surface area contributed by atoms with E-state index in [2.05, 4.69) is 55.5 Å². The number of hydrogen-bond acceptors (Lipinski definition) is 1. The Hall–Kier alpha value is -2.67. The largest absolute Gasteiger partial charge is 0.294 e. The second kappa shape index (κ2) is 5.45. The van der Waals surface area contributed by atoms with Crippen LogP contribution in [0.1, 0.15) is 34.8 Å². The Balaban J connectivity index is 1.85. The predicted octanol–water partition coefficient (Wildman–Crippen LogP) is 5.27. The number of Topliss-reactive ketones (excluding diaryl/α,β-unsaturated/α-hetero) is 1. The van der Waals surface area contributed by atoms with Gasteiger partial charge >= 0.3 is 0 Å². The lowest BCUT2D eigenvalue weighted by atomic mass is 9.78. The molecular formula is C23H20O. The van der Waals surface area contributed by atoms with Gasteiger partial charge in [-0.05, 0) is 17.5 Å². The third-order valence-corrected chi connectivity index (χ3v) is 5.51. The van der Waals surface area contributed by atoms with Crippen molar-refractivity contribution >= 4 is 5.78 Å². The second-order valence-corrected chi connectivity index (χ2v) is 6.84. The van der Waals surface area contributed by atoms with Crippen LogP contribution in [-0.2, 0) is 5.41 Å². The molecule has 3 aromatic rings. The summed E-state index contributed by atoms with van der Waals surface area (Å²) in [6, 6.07) is 30.6. The van der Waals surface area contributed by atoms with Gasteiger partial charge in [0, 0.05) is 16.4 Å². The molecule has 1 unspecified atom stereocenters. The fourth-order valence-electron chi connectivity index (χ4n) is 4.12. The first-order chi connectivity index (χ1) is 11.7. The Bertz CT molecular complexity index is 813. The molecule has 0 radical (unpaired) electrons. The maximum Gasteiger partial charge on any atom is 0.170 e.